The van der Waals surface area contributed by atoms with E-state index in [4.69, 9.17) is 4.74 Å². The SMILES string of the molecule is N.N.N.N.S.c1ccc2c(c1)Nc1ccccc1O2.c1ccc2c(c1)[nH]c1ccccc12. The molecule has 0 spiro atoms. The zero-order chi connectivity index (χ0) is 18.1. The van der Waals surface area contributed by atoms with Gasteiger partial charge in [-0.1, -0.05) is 60.7 Å². The van der Waals surface area contributed by atoms with E-state index in [1.54, 1.807) is 0 Å². The summed E-state index contributed by atoms with van der Waals surface area (Å²) in [5.74, 6) is 1.76. The van der Waals surface area contributed by atoms with Crippen molar-refractivity contribution in [3.8, 4) is 11.5 Å². The van der Waals surface area contributed by atoms with Crippen LogP contribution in [0.25, 0.3) is 21.8 Å². The third-order valence-corrected chi connectivity index (χ3v) is 4.68. The number of aromatic amines is 1. The van der Waals surface area contributed by atoms with Gasteiger partial charge in [-0.2, -0.15) is 13.5 Å². The first-order valence-corrected chi connectivity index (χ1v) is 8.97. The number of aromatic nitrogens is 1. The average molecular weight is 453 g/mol. The molecule has 0 amide bonds. The van der Waals surface area contributed by atoms with Crippen molar-refractivity contribution in [2.75, 3.05) is 5.32 Å². The summed E-state index contributed by atoms with van der Waals surface area (Å²) in [6.45, 7) is 0. The number of hydrogen-bond donors (Lipinski definition) is 6. The minimum atomic E-state index is 0. The van der Waals surface area contributed by atoms with Crippen LogP contribution in [0.1, 0.15) is 0 Å². The number of H-pyrrole nitrogens is 1. The lowest BCUT2D eigenvalue weighted by atomic mass is 10.2. The lowest BCUT2D eigenvalue weighted by Gasteiger charge is -2.20. The highest BCUT2D eigenvalue weighted by Crippen LogP contribution is 2.40. The van der Waals surface area contributed by atoms with Crippen LogP contribution in [-0.4, -0.2) is 4.98 Å². The van der Waals surface area contributed by atoms with Crippen LogP contribution in [0.4, 0.5) is 11.4 Å². The third kappa shape index (κ3) is 5.38. The Kier molecular flexibility index (Phi) is 11.0. The predicted octanol–water partition coefficient (Wildman–Crippen LogP) is 7.62. The largest absolute Gasteiger partial charge is 0.453 e. The molecule has 7 nitrogen and oxygen atoms in total. The molecule has 5 aromatic rings. The fourth-order valence-electron chi connectivity index (χ4n) is 3.38. The van der Waals surface area contributed by atoms with Crippen molar-refractivity contribution >= 4 is 46.7 Å². The van der Waals surface area contributed by atoms with Gasteiger partial charge < -0.3 is 39.6 Å². The number of fused-ring (bicyclic) bond motifs is 5. The molecule has 1 aliphatic rings. The normalized spacial score (nSPS) is 9.75. The van der Waals surface area contributed by atoms with Gasteiger partial charge >= 0.3 is 0 Å². The van der Waals surface area contributed by atoms with Crippen LogP contribution >= 0.6 is 13.5 Å². The molecule has 2 heterocycles. The van der Waals surface area contributed by atoms with Crippen molar-refractivity contribution < 1.29 is 4.74 Å². The minimum Gasteiger partial charge on any atom is -0.453 e. The highest BCUT2D eigenvalue weighted by Gasteiger charge is 2.13. The molecule has 0 radical (unpaired) electrons. The summed E-state index contributed by atoms with van der Waals surface area (Å²) in [4.78, 5) is 3.38. The van der Waals surface area contributed by atoms with E-state index in [0.717, 1.165) is 22.9 Å². The lowest BCUT2D eigenvalue weighted by molar-refractivity contribution is 0.481. The molecule has 6 rings (SSSR count). The predicted molar refractivity (Wildman–Crippen MR) is 143 cm³/mol. The Bertz CT molecular complexity index is 1120. The molecule has 0 saturated carbocycles. The van der Waals surface area contributed by atoms with Crippen LogP contribution in [0.5, 0.6) is 11.5 Å². The first-order valence-electron chi connectivity index (χ1n) is 8.97. The Morgan fingerprint density at radius 2 is 0.844 bits per heavy atom. The van der Waals surface area contributed by atoms with Crippen LogP contribution < -0.4 is 34.7 Å². The highest BCUT2D eigenvalue weighted by atomic mass is 32.1. The maximum Gasteiger partial charge on any atom is 0.150 e. The molecule has 1 aliphatic heterocycles. The van der Waals surface area contributed by atoms with Crippen LogP contribution in [0.2, 0.25) is 0 Å². The molecule has 14 N–H and O–H groups in total. The topological polar surface area (TPSA) is 177 Å². The minimum absolute atomic E-state index is 0. The van der Waals surface area contributed by atoms with Crippen molar-refractivity contribution in [2.45, 2.75) is 0 Å². The second kappa shape index (κ2) is 12.4. The van der Waals surface area contributed by atoms with Gasteiger partial charge in [-0.25, -0.2) is 0 Å². The van der Waals surface area contributed by atoms with Gasteiger partial charge in [0, 0.05) is 21.8 Å². The van der Waals surface area contributed by atoms with Gasteiger partial charge in [-0.05, 0) is 36.4 Å². The molecular weight excluding hydrogens is 420 g/mol. The van der Waals surface area contributed by atoms with Crippen molar-refractivity contribution in [1.29, 1.82) is 0 Å². The lowest BCUT2D eigenvalue weighted by Crippen LogP contribution is -2.01. The second-order valence-electron chi connectivity index (χ2n) is 6.44. The molecular formula is C24H32N6OS. The molecule has 170 valence electrons. The number of nitrogens with one attached hydrogen (secondary N) is 2. The highest BCUT2D eigenvalue weighted by molar-refractivity contribution is 7.59. The fourth-order valence-corrected chi connectivity index (χ4v) is 3.38. The molecule has 0 bridgehead atoms. The van der Waals surface area contributed by atoms with E-state index in [0.29, 0.717) is 0 Å². The van der Waals surface area contributed by atoms with Crippen molar-refractivity contribution in [3.63, 3.8) is 0 Å². The Morgan fingerprint density at radius 1 is 0.469 bits per heavy atom. The van der Waals surface area contributed by atoms with E-state index in [2.05, 4.69) is 58.8 Å². The molecule has 0 atom stereocenters. The van der Waals surface area contributed by atoms with Crippen molar-refractivity contribution in [1.82, 2.24) is 29.6 Å². The smallest absolute Gasteiger partial charge is 0.150 e. The first kappa shape index (κ1) is 28.5. The van der Waals surface area contributed by atoms with E-state index in [9.17, 15) is 0 Å². The van der Waals surface area contributed by atoms with Gasteiger partial charge in [0.05, 0.1) is 11.4 Å². The Hall–Kier alpha value is -3.53. The number of para-hydroxylation sites is 6. The summed E-state index contributed by atoms with van der Waals surface area (Å²) in [5, 5.41) is 5.92. The van der Waals surface area contributed by atoms with E-state index < -0.39 is 0 Å². The number of ether oxygens (including phenoxy) is 1. The van der Waals surface area contributed by atoms with E-state index in [1.165, 1.54) is 21.8 Å². The molecule has 0 saturated heterocycles. The van der Waals surface area contributed by atoms with Crippen LogP contribution in [-0.2, 0) is 0 Å². The Morgan fingerprint density at radius 3 is 1.31 bits per heavy atom. The quantitative estimate of drug-likeness (QED) is 0.138. The van der Waals surface area contributed by atoms with Gasteiger partial charge in [-0.3, -0.25) is 0 Å². The van der Waals surface area contributed by atoms with Gasteiger partial charge in [0.15, 0.2) is 11.5 Å². The maximum absolute atomic E-state index is 5.71. The molecule has 1 aromatic heterocycles. The summed E-state index contributed by atoms with van der Waals surface area (Å²) < 4.78 is 5.71. The zero-order valence-electron chi connectivity index (χ0n) is 18.0. The number of anilines is 2. The second-order valence-corrected chi connectivity index (χ2v) is 6.44. The van der Waals surface area contributed by atoms with Crippen molar-refractivity contribution in [2.24, 2.45) is 0 Å². The third-order valence-electron chi connectivity index (χ3n) is 4.68. The van der Waals surface area contributed by atoms with Gasteiger partial charge in [0.25, 0.3) is 0 Å². The summed E-state index contributed by atoms with van der Waals surface area (Å²) in [7, 11) is 0. The maximum atomic E-state index is 5.71. The molecule has 32 heavy (non-hydrogen) atoms. The fraction of sp³-hybridized carbons (Fsp3) is 0. The summed E-state index contributed by atoms with van der Waals surface area (Å²) in [5.41, 5.74) is 4.46. The first-order chi connectivity index (χ1) is 13.4. The van der Waals surface area contributed by atoms with E-state index in [-0.39, 0.29) is 38.1 Å². The van der Waals surface area contributed by atoms with Crippen LogP contribution in [0.15, 0.2) is 97.1 Å². The molecule has 0 fully saturated rings. The molecule has 0 unspecified atom stereocenters. The standard InChI is InChI=1S/C12H9NO.C12H9N.4H3N.H2S/c1-3-7-11-9(5-1)13-10-6-2-4-8-12(10)14-11;1-3-7-11-9(5-1)10-6-2-4-8-12(10)13-11;;;;;/h1-8,13H;1-8,13H;4*1H3;1H2. The van der Waals surface area contributed by atoms with E-state index in [1.807, 2.05) is 48.5 Å². The van der Waals surface area contributed by atoms with Gasteiger partial charge in [0.2, 0.25) is 0 Å². The zero-order valence-corrected chi connectivity index (χ0v) is 19.0. The average Bonchev–Trinajstić information content (AvgIpc) is 3.11. The van der Waals surface area contributed by atoms with Crippen molar-refractivity contribution in [3.05, 3.63) is 97.1 Å². The summed E-state index contributed by atoms with van der Waals surface area (Å²) >= 11 is 0. The summed E-state index contributed by atoms with van der Waals surface area (Å²) in [6.07, 6.45) is 0. The van der Waals surface area contributed by atoms with Gasteiger partial charge in [-0.15, -0.1) is 0 Å². The van der Waals surface area contributed by atoms with E-state index >= 15 is 0 Å². The monoisotopic (exact) mass is 452 g/mol. The Labute approximate surface area is 195 Å². The summed E-state index contributed by atoms with van der Waals surface area (Å²) in [6, 6.07) is 32.6. The molecule has 4 aromatic carbocycles. The molecule has 0 aliphatic carbocycles. The van der Waals surface area contributed by atoms with Crippen LogP contribution in [0, 0.1) is 0 Å². The molecule has 8 heteroatoms. The van der Waals surface area contributed by atoms with Gasteiger partial charge in [0.1, 0.15) is 0 Å². The number of hydrogen-bond acceptors (Lipinski definition) is 6. The number of rotatable bonds is 0. The Balaban J connectivity index is 0.000000520. The van der Waals surface area contributed by atoms with Crippen LogP contribution in [0.3, 0.4) is 0 Å². The number of benzene rings is 4.